The molecular weight excluding hydrogens is 434 g/mol. The molecule has 0 spiro atoms. The van der Waals surface area contributed by atoms with E-state index >= 15 is 0 Å². The number of carbonyl (C=O) groups is 1. The Hall–Kier alpha value is -2.33. The molecule has 0 aliphatic heterocycles. The molecular formula is C31H48NO3+. The van der Waals surface area contributed by atoms with Gasteiger partial charge < -0.3 is 14.0 Å². The van der Waals surface area contributed by atoms with Crippen LogP contribution in [0.1, 0.15) is 82.8 Å². The lowest BCUT2D eigenvalue weighted by molar-refractivity contribution is -0.903. The second-order valence-corrected chi connectivity index (χ2v) is 10.5. The summed E-state index contributed by atoms with van der Waals surface area (Å²) in [5.41, 5.74) is 2.63. The van der Waals surface area contributed by atoms with Gasteiger partial charge in [0.2, 0.25) is 0 Å². The number of carbonyl (C=O) groups excluding carboxylic acids is 1. The Morgan fingerprint density at radius 1 is 0.857 bits per heavy atom. The summed E-state index contributed by atoms with van der Waals surface area (Å²) in [7, 11) is 4.41. The molecule has 0 fully saturated rings. The molecule has 2 rings (SSSR count). The fourth-order valence-electron chi connectivity index (χ4n) is 4.42. The van der Waals surface area contributed by atoms with Crippen LogP contribution in [0.4, 0.5) is 0 Å². The number of esters is 1. The number of rotatable bonds is 18. The SMILES string of the molecule is CCCCCCCCCc1cccc(OC(C)COC(=O)CCC[N+](C)(C)Cc2ccccc2)c1. The molecule has 1 unspecified atom stereocenters. The van der Waals surface area contributed by atoms with E-state index in [-0.39, 0.29) is 18.7 Å². The van der Waals surface area contributed by atoms with E-state index in [1.165, 1.54) is 56.1 Å². The molecule has 194 valence electrons. The molecule has 0 aromatic heterocycles. The number of ether oxygens (including phenoxy) is 2. The van der Waals surface area contributed by atoms with Gasteiger partial charge in [-0.2, -0.15) is 0 Å². The minimum absolute atomic E-state index is 0.146. The van der Waals surface area contributed by atoms with Gasteiger partial charge in [0.05, 0.1) is 27.1 Å². The fraction of sp³-hybridized carbons (Fsp3) is 0.581. The van der Waals surface area contributed by atoms with Crippen LogP contribution in [0.2, 0.25) is 0 Å². The van der Waals surface area contributed by atoms with E-state index in [0.717, 1.165) is 36.2 Å². The third kappa shape index (κ3) is 13.4. The standard InChI is InChI=1S/C31H48NO3/c1-5-6-7-8-9-10-12-17-28-20-15-21-30(24-28)35-27(2)26-34-31(33)22-16-23-32(3,4)25-29-18-13-11-14-19-29/h11,13-15,18-21,24,27H,5-10,12,16-17,22-23,25-26H2,1-4H3/q+1. The van der Waals surface area contributed by atoms with E-state index in [0.29, 0.717) is 6.42 Å². The number of hydrogen-bond acceptors (Lipinski definition) is 3. The molecule has 35 heavy (non-hydrogen) atoms. The smallest absolute Gasteiger partial charge is 0.306 e. The summed E-state index contributed by atoms with van der Waals surface area (Å²) >= 11 is 0. The maximum Gasteiger partial charge on any atom is 0.306 e. The van der Waals surface area contributed by atoms with Crippen molar-refractivity contribution in [3.05, 3.63) is 65.7 Å². The first-order chi connectivity index (χ1) is 16.9. The Morgan fingerprint density at radius 3 is 2.29 bits per heavy atom. The van der Waals surface area contributed by atoms with Gasteiger partial charge >= 0.3 is 5.97 Å². The molecule has 1 atom stereocenters. The lowest BCUT2D eigenvalue weighted by Gasteiger charge is -2.29. The average Bonchev–Trinajstić information content (AvgIpc) is 2.83. The van der Waals surface area contributed by atoms with Crippen LogP contribution in [0.5, 0.6) is 5.75 Å². The molecule has 0 N–H and O–H groups in total. The van der Waals surface area contributed by atoms with E-state index in [1.807, 2.05) is 19.1 Å². The first-order valence-corrected chi connectivity index (χ1v) is 13.6. The Kier molecular flexibility index (Phi) is 13.5. The highest BCUT2D eigenvalue weighted by Crippen LogP contribution is 2.18. The monoisotopic (exact) mass is 482 g/mol. The summed E-state index contributed by atoms with van der Waals surface area (Å²) < 4.78 is 12.4. The summed E-state index contributed by atoms with van der Waals surface area (Å²) in [5.74, 6) is 0.710. The lowest BCUT2D eigenvalue weighted by Crippen LogP contribution is -2.39. The summed E-state index contributed by atoms with van der Waals surface area (Å²) in [5, 5.41) is 0. The van der Waals surface area contributed by atoms with E-state index < -0.39 is 0 Å². The van der Waals surface area contributed by atoms with Gasteiger partial charge in [-0.25, -0.2) is 0 Å². The van der Waals surface area contributed by atoms with Gasteiger partial charge in [-0.1, -0.05) is 87.9 Å². The highest BCUT2D eigenvalue weighted by atomic mass is 16.6. The molecule has 0 saturated heterocycles. The van der Waals surface area contributed by atoms with Crippen molar-refractivity contribution in [3.8, 4) is 5.75 Å². The summed E-state index contributed by atoms with van der Waals surface area (Å²) in [6.45, 7) is 6.38. The van der Waals surface area contributed by atoms with Crippen LogP contribution < -0.4 is 4.74 Å². The Bertz CT molecular complexity index is 834. The van der Waals surface area contributed by atoms with Crippen molar-refractivity contribution >= 4 is 5.97 Å². The number of quaternary nitrogens is 1. The molecule has 4 heteroatoms. The Morgan fingerprint density at radius 2 is 1.54 bits per heavy atom. The van der Waals surface area contributed by atoms with E-state index in [9.17, 15) is 4.79 Å². The predicted molar refractivity (Wildman–Crippen MR) is 146 cm³/mol. The molecule has 0 heterocycles. The van der Waals surface area contributed by atoms with Crippen molar-refractivity contribution in [1.82, 2.24) is 0 Å². The highest BCUT2D eigenvalue weighted by Gasteiger charge is 2.17. The lowest BCUT2D eigenvalue weighted by atomic mass is 10.0. The van der Waals surface area contributed by atoms with Crippen LogP contribution in [0.25, 0.3) is 0 Å². The summed E-state index contributed by atoms with van der Waals surface area (Å²) in [6.07, 6.45) is 11.4. The largest absolute Gasteiger partial charge is 0.487 e. The van der Waals surface area contributed by atoms with Crippen molar-refractivity contribution in [2.75, 3.05) is 27.2 Å². The predicted octanol–water partition coefficient (Wildman–Crippen LogP) is 7.35. The van der Waals surface area contributed by atoms with Crippen molar-refractivity contribution in [2.24, 2.45) is 0 Å². The summed E-state index contributed by atoms with van der Waals surface area (Å²) in [4.78, 5) is 12.2. The molecule has 4 nitrogen and oxygen atoms in total. The van der Waals surface area contributed by atoms with E-state index in [1.54, 1.807) is 0 Å². The van der Waals surface area contributed by atoms with Gasteiger partial charge in [-0.05, 0) is 37.5 Å². The van der Waals surface area contributed by atoms with Gasteiger partial charge in [0, 0.05) is 12.0 Å². The Balaban J connectivity index is 1.61. The van der Waals surface area contributed by atoms with Crippen molar-refractivity contribution in [1.29, 1.82) is 0 Å². The second kappa shape index (κ2) is 16.4. The second-order valence-electron chi connectivity index (χ2n) is 10.5. The number of nitrogens with zero attached hydrogens (tertiary/aromatic N) is 1. The minimum atomic E-state index is -0.168. The topological polar surface area (TPSA) is 35.5 Å². The van der Waals surface area contributed by atoms with Crippen LogP contribution in [0.3, 0.4) is 0 Å². The normalized spacial score (nSPS) is 12.3. The first kappa shape index (κ1) is 28.9. The molecule has 0 bridgehead atoms. The highest BCUT2D eigenvalue weighted by molar-refractivity contribution is 5.69. The fourth-order valence-corrected chi connectivity index (χ4v) is 4.42. The molecule has 0 aliphatic carbocycles. The quantitative estimate of drug-likeness (QED) is 0.127. The maximum absolute atomic E-state index is 12.2. The van der Waals surface area contributed by atoms with Gasteiger partial charge in [-0.3, -0.25) is 4.79 Å². The zero-order valence-corrected chi connectivity index (χ0v) is 22.6. The Labute approximate surface area is 214 Å². The van der Waals surface area contributed by atoms with Crippen molar-refractivity contribution in [2.45, 2.75) is 90.7 Å². The van der Waals surface area contributed by atoms with Crippen molar-refractivity contribution < 1.29 is 18.8 Å². The average molecular weight is 483 g/mol. The van der Waals surface area contributed by atoms with Crippen LogP contribution >= 0.6 is 0 Å². The molecule has 0 radical (unpaired) electrons. The first-order valence-electron chi connectivity index (χ1n) is 13.6. The zero-order valence-electron chi connectivity index (χ0n) is 22.6. The van der Waals surface area contributed by atoms with E-state index in [4.69, 9.17) is 9.47 Å². The minimum Gasteiger partial charge on any atom is -0.487 e. The summed E-state index contributed by atoms with van der Waals surface area (Å²) in [6, 6.07) is 18.8. The van der Waals surface area contributed by atoms with Crippen molar-refractivity contribution in [3.63, 3.8) is 0 Å². The number of aryl methyl sites for hydroxylation is 1. The zero-order chi connectivity index (χ0) is 25.4. The molecule has 0 aliphatic rings. The van der Waals surface area contributed by atoms with Crippen LogP contribution in [-0.4, -0.2) is 43.8 Å². The third-order valence-corrected chi connectivity index (χ3v) is 6.38. The maximum atomic E-state index is 12.2. The molecule has 0 amide bonds. The molecule has 2 aromatic rings. The number of hydrogen-bond donors (Lipinski definition) is 0. The van der Waals surface area contributed by atoms with Crippen LogP contribution in [-0.2, 0) is 22.5 Å². The molecule has 2 aromatic carbocycles. The number of benzene rings is 2. The van der Waals surface area contributed by atoms with Crippen LogP contribution in [0.15, 0.2) is 54.6 Å². The van der Waals surface area contributed by atoms with Gasteiger partial charge in [-0.15, -0.1) is 0 Å². The molecule has 0 saturated carbocycles. The third-order valence-electron chi connectivity index (χ3n) is 6.38. The van der Waals surface area contributed by atoms with Gasteiger partial charge in [0.15, 0.2) is 0 Å². The van der Waals surface area contributed by atoms with Crippen LogP contribution in [0, 0.1) is 0 Å². The van der Waals surface area contributed by atoms with Gasteiger partial charge in [0.1, 0.15) is 25.0 Å². The van der Waals surface area contributed by atoms with E-state index in [2.05, 4.69) is 63.5 Å². The van der Waals surface area contributed by atoms with Gasteiger partial charge in [0.25, 0.3) is 0 Å². The number of unbranched alkanes of at least 4 members (excludes halogenated alkanes) is 6.